The molecule has 1 amide bonds. The zero-order valence-electron chi connectivity index (χ0n) is 6.26. The number of hydrogen-bond acceptors (Lipinski definition) is 3. The summed E-state index contributed by atoms with van der Waals surface area (Å²) in [6.45, 7) is 0.243. The van der Waals surface area contributed by atoms with Gasteiger partial charge in [-0.15, -0.1) is 0 Å². The monoisotopic (exact) mass is 168 g/mol. The molecule has 2 heterocycles. The molecule has 1 aromatic heterocycles. The van der Waals surface area contributed by atoms with Crippen LogP contribution in [0.3, 0.4) is 0 Å². The van der Waals surface area contributed by atoms with Gasteiger partial charge in [0.2, 0.25) is 0 Å². The van der Waals surface area contributed by atoms with Crippen LogP contribution in [0.1, 0.15) is 5.56 Å². The molecule has 1 aliphatic heterocycles. The Bertz CT molecular complexity index is 308. The van der Waals surface area contributed by atoms with E-state index in [1.807, 2.05) is 0 Å². The van der Waals surface area contributed by atoms with Crippen LogP contribution < -0.4 is 10.4 Å². The predicted molar refractivity (Wildman–Crippen MR) is 40.1 cm³/mol. The van der Waals surface area contributed by atoms with Crippen LogP contribution in [0, 0.1) is 5.21 Å². The second-order valence-corrected chi connectivity index (χ2v) is 2.71. The summed E-state index contributed by atoms with van der Waals surface area (Å²) in [7, 11) is 0. The molecular formula is C6H8N4O2. The van der Waals surface area contributed by atoms with Gasteiger partial charge in [0.25, 0.3) is 5.91 Å². The minimum atomic E-state index is -0.275. The lowest BCUT2D eigenvalue weighted by Gasteiger charge is -2.17. The van der Waals surface area contributed by atoms with Crippen molar-refractivity contribution in [1.29, 1.82) is 0 Å². The average Bonchev–Trinajstić information content (AvgIpc) is 2.31. The van der Waals surface area contributed by atoms with E-state index >= 15 is 0 Å². The molecule has 1 aliphatic rings. The summed E-state index contributed by atoms with van der Waals surface area (Å²) in [5, 5.41) is 19.9. The number of nitrogens with one attached hydrogen (secondary N) is 3. The highest BCUT2D eigenvalue weighted by molar-refractivity contribution is 5.91. The average molecular weight is 168 g/mol. The summed E-state index contributed by atoms with van der Waals surface area (Å²) < 4.78 is 0. The van der Waals surface area contributed by atoms with Crippen molar-refractivity contribution in [2.75, 3.05) is 11.9 Å². The quantitative estimate of drug-likeness (QED) is 0.401. The molecule has 0 fully saturated rings. The van der Waals surface area contributed by atoms with Crippen molar-refractivity contribution in [2.45, 2.75) is 6.54 Å². The summed E-state index contributed by atoms with van der Waals surface area (Å²) in [5.74, 6) is 0.272. The Morgan fingerprint density at radius 3 is 3.25 bits per heavy atom. The molecule has 0 saturated heterocycles. The van der Waals surface area contributed by atoms with Crippen molar-refractivity contribution in [3.05, 3.63) is 17.0 Å². The third kappa shape index (κ3) is 1.17. The zero-order chi connectivity index (χ0) is 8.55. The molecule has 12 heavy (non-hydrogen) atoms. The van der Waals surface area contributed by atoms with Gasteiger partial charge in [0.1, 0.15) is 12.4 Å². The number of quaternary nitrogens is 1. The topological polar surface area (TPSA) is 85.3 Å². The maximum absolute atomic E-state index is 11.1. The number of hydroxylamine groups is 2. The Kier molecular flexibility index (Phi) is 1.56. The van der Waals surface area contributed by atoms with Crippen molar-refractivity contribution in [2.24, 2.45) is 0 Å². The van der Waals surface area contributed by atoms with E-state index in [1.54, 1.807) is 6.20 Å². The lowest BCUT2D eigenvalue weighted by Crippen LogP contribution is -3.06. The van der Waals surface area contributed by atoms with Gasteiger partial charge < -0.3 is 15.6 Å². The predicted octanol–water partition coefficient (Wildman–Crippen LogP) is -1.76. The van der Waals surface area contributed by atoms with Crippen LogP contribution >= 0.6 is 0 Å². The Hall–Kier alpha value is -1.40. The second-order valence-electron chi connectivity index (χ2n) is 2.71. The number of hydrogen-bond donors (Lipinski definition) is 3. The fourth-order valence-corrected chi connectivity index (χ4v) is 1.19. The molecular weight excluding hydrogens is 160 g/mol. The van der Waals surface area contributed by atoms with E-state index in [1.165, 1.54) is 0 Å². The van der Waals surface area contributed by atoms with Crippen molar-refractivity contribution in [3.63, 3.8) is 0 Å². The first-order valence-corrected chi connectivity index (χ1v) is 3.59. The number of fused-ring (bicyclic) bond motifs is 1. The number of aromatic amines is 1. The number of rotatable bonds is 0. The van der Waals surface area contributed by atoms with Gasteiger partial charge in [-0.2, -0.15) is 5.10 Å². The lowest BCUT2D eigenvalue weighted by molar-refractivity contribution is -0.853. The molecule has 0 aliphatic carbocycles. The molecule has 1 aromatic rings. The van der Waals surface area contributed by atoms with Crippen molar-refractivity contribution in [1.82, 2.24) is 10.2 Å². The summed E-state index contributed by atoms with van der Waals surface area (Å²) >= 11 is 0. The number of carbonyl (C=O) groups is 1. The Balaban J connectivity index is 2.33. The number of H-pyrrole nitrogens is 1. The molecule has 1 atom stereocenters. The van der Waals surface area contributed by atoms with E-state index in [0.29, 0.717) is 5.82 Å². The van der Waals surface area contributed by atoms with Gasteiger partial charge in [-0.25, -0.2) is 0 Å². The molecule has 1 unspecified atom stereocenters. The van der Waals surface area contributed by atoms with E-state index in [9.17, 15) is 10.0 Å². The molecule has 6 heteroatoms. The van der Waals surface area contributed by atoms with Gasteiger partial charge in [0.15, 0.2) is 6.54 Å². The van der Waals surface area contributed by atoms with Crippen LogP contribution in [0.5, 0.6) is 0 Å². The normalized spacial score (nSPS) is 22.8. The van der Waals surface area contributed by atoms with Gasteiger partial charge in [-0.3, -0.25) is 9.89 Å². The molecule has 6 nitrogen and oxygen atoms in total. The molecule has 0 bridgehead atoms. The van der Waals surface area contributed by atoms with Gasteiger partial charge in [-0.1, -0.05) is 0 Å². The Morgan fingerprint density at radius 2 is 2.42 bits per heavy atom. The summed E-state index contributed by atoms with van der Waals surface area (Å²) in [6.07, 6.45) is 1.55. The number of anilines is 1. The summed E-state index contributed by atoms with van der Waals surface area (Å²) in [6, 6.07) is 0. The molecule has 0 aromatic carbocycles. The fourth-order valence-electron chi connectivity index (χ4n) is 1.19. The number of nitrogens with zero attached hydrogens (tertiary/aromatic N) is 1. The molecule has 2 rings (SSSR count). The van der Waals surface area contributed by atoms with E-state index < -0.39 is 0 Å². The van der Waals surface area contributed by atoms with E-state index in [0.717, 1.165) is 5.56 Å². The highest BCUT2D eigenvalue weighted by atomic mass is 16.5. The molecule has 0 spiro atoms. The third-order valence-electron chi connectivity index (χ3n) is 1.73. The summed E-state index contributed by atoms with van der Waals surface area (Å²) in [5.41, 5.74) is 0.755. The van der Waals surface area contributed by atoms with Crippen molar-refractivity contribution < 1.29 is 9.86 Å². The van der Waals surface area contributed by atoms with Gasteiger partial charge in [0, 0.05) is 0 Å². The molecule has 3 N–H and O–H groups in total. The van der Waals surface area contributed by atoms with Crippen LogP contribution in [-0.2, 0) is 11.3 Å². The highest BCUT2D eigenvalue weighted by Crippen LogP contribution is 2.09. The SMILES string of the molecule is O=C1C[NH+]([O-])Cc2cn[nH]c2N1. The largest absolute Gasteiger partial charge is 0.634 e. The maximum atomic E-state index is 11.1. The maximum Gasteiger partial charge on any atom is 0.281 e. The van der Waals surface area contributed by atoms with E-state index in [-0.39, 0.29) is 24.1 Å². The molecule has 0 saturated carbocycles. The minimum Gasteiger partial charge on any atom is -0.634 e. The van der Waals surface area contributed by atoms with Crippen molar-refractivity contribution in [3.8, 4) is 0 Å². The lowest BCUT2D eigenvalue weighted by atomic mass is 10.3. The second kappa shape index (κ2) is 2.58. The number of carbonyl (C=O) groups excluding carboxylic acids is 1. The fraction of sp³-hybridized carbons (Fsp3) is 0.333. The van der Waals surface area contributed by atoms with Crippen LogP contribution in [0.4, 0.5) is 5.82 Å². The minimum absolute atomic E-state index is 0.0392. The zero-order valence-corrected chi connectivity index (χ0v) is 6.26. The first kappa shape index (κ1) is 7.26. The van der Waals surface area contributed by atoms with E-state index in [4.69, 9.17) is 0 Å². The number of amides is 1. The van der Waals surface area contributed by atoms with E-state index in [2.05, 4.69) is 15.5 Å². The third-order valence-corrected chi connectivity index (χ3v) is 1.73. The first-order chi connectivity index (χ1) is 5.75. The van der Waals surface area contributed by atoms with Crippen LogP contribution in [0.15, 0.2) is 6.20 Å². The van der Waals surface area contributed by atoms with Crippen LogP contribution in [-0.4, -0.2) is 22.6 Å². The Morgan fingerprint density at radius 1 is 1.58 bits per heavy atom. The summed E-state index contributed by atoms with van der Waals surface area (Å²) in [4.78, 5) is 11.0. The van der Waals surface area contributed by atoms with Crippen LogP contribution in [0.25, 0.3) is 0 Å². The number of aromatic nitrogens is 2. The molecule has 64 valence electrons. The Labute approximate surface area is 68.1 Å². The first-order valence-electron chi connectivity index (χ1n) is 3.59. The van der Waals surface area contributed by atoms with Gasteiger partial charge in [-0.05, 0) is 0 Å². The molecule has 0 radical (unpaired) electrons. The van der Waals surface area contributed by atoms with Crippen molar-refractivity contribution >= 4 is 11.7 Å². The van der Waals surface area contributed by atoms with Gasteiger partial charge >= 0.3 is 0 Å². The highest BCUT2D eigenvalue weighted by Gasteiger charge is 2.18. The standard InChI is InChI=1S/C6H8N4O2/c11-5-3-10(12)2-4-1-7-9-6(4)8-5/h1,10H,2-3H2,(H2,7,8,9,11). The van der Waals surface area contributed by atoms with Crippen LogP contribution in [0.2, 0.25) is 0 Å². The van der Waals surface area contributed by atoms with Gasteiger partial charge in [0.05, 0.1) is 11.8 Å². The smallest absolute Gasteiger partial charge is 0.281 e.